The van der Waals surface area contributed by atoms with Crippen molar-refractivity contribution >= 4 is 11.8 Å². The summed E-state index contributed by atoms with van der Waals surface area (Å²) in [6.07, 6.45) is 7.67. The zero-order valence-corrected chi connectivity index (χ0v) is 12.6. The molecule has 3 heteroatoms. The van der Waals surface area contributed by atoms with Crippen LogP contribution < -0.4 is 0 Å². The summed E-state index contributed by atoms with van der Waals surface area (Å²) in [5.74, 6) is -0.478. The third kappa shape index (κ3) is 2.74. The lowest BCUT2D eigenvalue weighted by Crippen LogP contribution is -2.30. The van der Waals surface area contributed by atoms with E-state index in [-0.39, 0.29) is 5.78 Å². The van der Waals surface area contributed by atoms with E-state index in [4.69, 9.17) is 4.74 Å². The molecule has 1 aromatic carbocycles. The first kappa shape index (κ1) is 14.3. The highest BCUT2D eigenvalue weighted by Gasteiger charge is 2.34. The van der Waals surface area contributed by atoms with Crippen LogP contribution in [-0.4, -0.2) is 18.9 Å². The third-order valence-corrected chi connectivity index (χ3v) is 4.98. The molecule has 3 rings (SSSR count). The van der Waals surface area contributed by atoms with Crippen LogP contribution in [-0.2, 0) is 16.0 Å². The Morgan fingerprint density at radius 1 is 1.14 bits per heavy atom. The number of rotatable bonds is 2. The molecule has 21 heavy (non-hydrogen) atoms. The molecule has 3 nitrogen and oxygen atoms in total. The summed E-state index contributed by atoms with van der Waals surface area (Å²) in [5, 5.41) is 0. The van der Waals surface area contributed by atoms with Crippen molar-refractivity contribution in [2.75, 3.05) is 7.11 Å². The van der Waals surface area contributed by atoms with E-state index in [1.165, 1.54) is 44.8 Å². The lowest BCUT2D eigenvalue weighted by Gasteiger charge is -2.26. The quantitative estimate of drug-likeness (QED) is 0.615. The Morgan fingerprint density at radius 2 is 1.90 bits per heavy atom. The van der Waals surface area contributed by atoms with E-state index in [0.29, 0.717) is 12.3 Å². The van der Waals surface area contributed by atoms with E-state index in [2.05, 4.69) is 12.1 Å². The van der Waals surface area contributed by atoms with Crippen molar-refractivity contribution < 1.29 is 14.3 Å². The summed E-state index contributed by atoms with van der Waals surface area (Å²) in [7, 11) is 1.35. The predicted octanol–water partition coefficient (Wildman–Crippen LogP) is 3.65. The third-order valence-electron chi connectivity index (χ3n) is 4.98. The first-order valence-corrected chi connectivity index (χ1v) is 7.95. The van der Waals surface area contributed by atoms with E-state index < -0.39 is 11.9 Å². The smallest absolute Gasteiger partial charge is 0.316 e. The fourth-order valence-electron chi connectivity index (χ4n) is 3.72. The molecule has 0 amide bonds. The molecule has 0 spiro atoms. The molecule has 0 aliphatic heterocycles. The van der Waals surface area contributed by atoms with Crippen LogP contribution in [0.15, 0.2) is 18.2 Å². The van der Waals surface area contributed by atoms with Crippen LogP contribution in [0.25, 0.3) is 0 Å². The van der Waals surface area contributed by atoms with Gasteiger partial charge in [0, 0.05) is 5.56 Å². The van der Waals surface area contributed by atoms with Gasteiger partial charge in [0.2, 0.25) is 0 Å². The Kier molecular flexibility index (Phi) is 4.09. The Labute approximate surface area is 125 Å². The zero-order valence-electron chi connectivity index (χ0n) is 12.6. The van der Waals surface area contributed by atoms with Crippen molar-refractivity contribution in [3.05, 3.63) is 34.9 Å². The summed E-state index contributed by atoms with van der Waals surface area (Å²) in [4.78, 5) is 24.3. The lowest BCUT2D eigenvalue weighted by molar-refractivity contribution is -0.143. The number of esters is 1. The van der Waals surface area contributed by atoms with Crippen LogP contribution in [0.2, 0.25) is 0 Å². The van der Waals surface area contributed by atoms with Crippen molar-refractivity contribution in [1.29, 1.82) is 0 Å². The summed E-state index contributed by atoms with van der Waals surface area (Å²) in [6.45, 7) is 0. The number of carbonyl (C=O) groups is 2. The van der Waals surface area contributed by atoms with Crippen LogP contribution in [0.1, 0.15) is 65.9 Å². The fraction of sp³-hybridized carbons (Fsp3) is 0.556. The zero-order chi connectivity index (χ0) is 14.8. The van der Waals surface area contributed by atoms with Crippen molar-refractivity contribution in [3.63, 3.8) is 0 Å². The van der Waals surface area contributed by atoms with Crippen molar-refractivity contribution in [2.45, 2.75) is 50.9 Å². The highest BCUT2D eigenvalue weighted by atomic mass is 16.5. The van der Waals surface area contributed by atoms with Gasteiger partial charge in [0.1, 0.15) is 5.92 Å². The summed E-state index contributed by atoms with van der Waals surface area (Å²) in [6, 6.07) is 6.31. The Morgan fingerprint density at radius 3 is 2.62 bits per heavy atom. The standard InChI is InChI=1S/C18H22O3/c1-21-18(20)15-10-9-13-7-8-14(11-16(13)17(15)19)12-5-3-2-4-6-12/h7-8,11-12,15H,2-6,9-10H2,1H3. The van der Waals surface area contributed by atoms with Gasteiger partial charge in [-0.15, -0.1) is 0 Å². The molecule has 2 aliphatic carbocycles. The van der Waals surface area contributed by atoms with Crippen LogP contribution in [0.3, 0.4) is 0 Å². The normalized spacial score (nSPS) is 22.7. The Balaban J connectivity index is 1.88. The minimum absolute atomic E-state index is 0.0549. The topological polar surface area (TPSA) is 43.4 Å². The van der Waals surface area contributed by atoms with Gasteiger partial charge in [-0.3, -0.25) is 9.59 Å². The monoisotopic (exact) mass is 286 g/mol. The molecule has 1 aromatic rings. The second-order valence-electron chi connectivity index (χ2n) is 6.23. The molecule has 2 aliphatic rings. The fourth-order valence-corrected chi connectivity index (χ4v) is 3.72. The highest BCUT2D eigenvalue weighted by molar-refractivity contribution is 6.10. The number of aryl methyl sites for hydroxylation is 1. The second-order valence-corrected chi connectivity index (χ2v) is 6.23. The SMILES string of the molecule is COC(=O)C1CCc2ccc(C3CCCCC3)cc2C1=O. The van der Waals surface area contributed by atoms with Crippen molar-refractivity contribution in [2.24, 2.45) is 5.92 Å². The second kappa shape index (κ2) is 6.00. The predicted molar refractivity (Wildman–Crippen MR) is 80.4 cm³/mol. The van der Waals surface area contributed by atoms with Gasteiger partial charge in [0.15, 0.2) is 5.78 Å². The summed E-state index contributed by atoms with van der Waals surface area (Å²) < 4.78 is 4.76. The maximum atomic E-state index is 12.6. The van der Waals surface area contributed by atoms with Crippen LogP contribution >= 0.6 is 0 Å². The molecule has 0 saturated heterocycles. The Hall–Kier alpha value is -1.64. The van der Waals surface area contributed by atoms with Gasteiger partial charge in [-0.2, -0.15) is 0 Å². The van der Waals surface area contributed by atoms with E-state index in [1.54, 1.807) is 0 Å². The van der Waals surface area contributed by atoms with Crippen molar-refractivity contribution in [3.8, 4) is 0 Å². The molecule has 0 heterocycles. The molecular formula is C18H22O3. The average Bonchev–Trinajstić information content (AvgIpc) is 2.55. The number of fused-ring (bicyclic) bond motifs is 1. The molecule has 1 unspecified atom stereocenters. The number of benzene rings is 1. The van der Waals surface area contributed by atoms with Crippen LogP contribution in [0, 0.1) is 5.92 Å². The average molecular weight is 286 g/mol. The molecule has 1 atom stereocenters. The van der Waals surface area contributed by atoms with Gasteiger partial charge < -0.3 is 4.74 Å². The van der Waals surface area contributed by atoms with E-state index >= 15 is 0 Å². The number of hydrogen-bond donors (Lipinski definition) is 0. The minimum Gasteiger partial charge on any atom is -0.468 e. The van der Waals surface area contributed by atoms with Crippen molar-refractivity contribution in [1.82, 2.24) is 0 Å². The number of carbonyl (C=O) groups excluding carboxylic acids is 2. The van der Waals surface area contributed by atoms with Gasteiger partial charge in [-0.05, 0) is 48.8 Å². The minimum atomic E-state index is -0.607. The number of Topliss-reactive ketones (excluding diaryl/α,β-unsaturated/α-hetero) is 1. The van der Waals surface area contributed by atoms with Gasteiger partial charge in [0.25, 0.3) is 0 Å². The molecule has 0 N–H and O–H groups in total. The highest BCUT2D eigenvalue weighted by Crippen LogP contribution is 2.35. The first-order valence-electron chi connectivity index (χ1n) is 7.95. The van der Waals surface area contributed by atoms with Gasteiger partial charge in [-0.1, -0.05) is 31.4 Å². The molecular weight excluding hydrogens is 264 g/mol. The number of hydrogen-bond acceptors (Lipinski definition) is 3. The van der Waals surface area contributed by atoms with E-state index in [1.807, 2.05) is 6.07 Å². The maximum absolute atomic E-state index is 12.6. The van der Waals surface area contributed by atoms with Gasteiger partial charge in [0.05, 0.1) is 7.11 Å². The molecule has 0 radical (unpaired) electrons. The molecule has 112 valence electrons. The number of ketones is 1. The lowest BCUT2D eigenvalue weighted by atomic mass is 9.78. The summed E-state index contributed by atoms with van der Waals surface area (Å²) in [5.41, 5.74) is 3.10. The van der Waals surface area contributed by atoms with Crippen LogP contribution in [0.4, 0.5) is 0 Å². The first-order chi connectivity index (χ1) is 10.2. The summed E-state index contributed by atoms with van der Waals surface area (Å²) >= 11 is 0. The number of ether oxygens (including phenoxy) is 1. The molecule has 0 aromatic heterocycles. The number of methoxy groups -OCH3 is 1. The Bertz CT molecular complexity index is 556. The largest absolute Gasteiger partial charge is 0.468 e. The van der Waals surface area contributed by atoms with E-state index in [0.717, 1.165) is 17.5 Å². The molecule has 1 fully saturated rings. The van der Waals surface area contributed by atoms with Crippen LogP contribution in [0.5, 0.6) is 0 Å². The van der Waals surface area contributed by atoms with Gasteiger partial charge >= 0.3 is 5.97 Å². The maximum Gasteiger partial charge on any atom is 0.316 e. The molecule has 1 saturated carbocycles. The van der Waals surface area contributed by atoms with Gasteiger partial charge in [-0.25, -0.2) is 0 Å². The molecule has 0 bridgehead atoms. The van der Waals surface area contributed by atoms with E-state index in [9.17, 15) is 9.59 Å².